The number of fused-ring (bicyclic) bond motifs is 1. The second kappa shape index (κ2) is 6.26. The van der Waals surface area contributed by atoms with Gasteiger partial charge in [-0.05, 0) is 48.9 Å². The number of likely N-dealkylation sites (tertiary alicyclic amines) is 1. The minimum atomic E-state index is -0.946. The van der Waals surface area contributed by atoms with Crippen molar-refractivity contribution in [2.24, 2.45) is 5.92 Å². The van der Waals surface area contributed by atoms with E-state index in [4.69, 9.17) is 0 Å². The van der Waals surface area contributed by atoms with E-state index in [1.165, 1.54) is 11.8 Å². The first kappa shape index (κ1) is 16.5. The maximum Gasteiger partial charge on any atom is 0.326 e. The Labute approximate surface area is 141 Å². The van der Waals surface area contributed by atoms with Gasteiger partial charge in [-0.15, -0.1) is 0 Å². The highest BCUT2D eigenvalue weighted by atomic mass is 16.4. The van der Waals surface area contributed by atoms with E-state index in [0.29, 0.717) is 31.0 Å². The molecule has 2 atom stereocenters. The van der Waals surface area contributed by atoms with Gasteiger partial charge in [0.2, 0.25) is 5.91 Å². The molecule has 2 amide bonds. The summed E-state index contributed by atoms with van der Waals surface area (Å²) in [5.41, 5.74) is 2.31. The van der Waals surface area contributed by atoms with Gasteiger partial charge in [-0.2, -0.15) is 0 Å². The Bertz CT molecular complexity index is 700. The summed E-state index contributed by atoms with van der Waals surface area (Å²) in [6.45, 7) is 4.64. The highest BCUT2D eigenvalue weighted by Gasteiger charge is 2.35. The van der Waals surface area contributed by atoms with Crippen LogP contribution in [0.3, 0.4) is 0 Å². The number of hydrogen-bond donors (Lipinski definition) is 1. The monoisotopic (exact) mass is 330 g/mol. The molecular formula is C18H22N2O4. The number of hydrogen-bond acceptors (Lipinski definition) is 3. The van der Waals surface area contributed by atoms with Gasteiger partial charge in [0, 0.05) is 31.3 Å². The zero-order chi connectivity index (χ0) is 17.4. The van der Waals surface area contributed by atoms with Crippen LogP contribution in [0, 0.1) is 5.92 Å². The first-order chi connectivity index (χ1) is 11.4. The molecule has 128 valence electrons. The van der Waals surface area contributed by atoms with Crippen molar-refractivity contribution in [3.8, 4) is 0 Å². The quantitative estimate of drug-likeness (QED) is 0.899. The van der Waals surface area contributed by atoms with E-state index in [1.54, 1.807) is 23.1 Å². The number of nitrogens with zero attached hydrogens (tertiary/aromatic N) is 2. The Kier molecular flexibility index (Phi) is 4.30. The Hall–Kier alpha value is -2.37. The predicted molar refractivity (Wildman–Crippen MR) is 89.0 cm³/mol. The lowest BCUT2D eigenvalue weighted by Crippen LogP contribution is -2.49. The molecule has 2 aliphatic rings. The summed E-state index contributed by atoms with van der Waals surface area (Å²) in [7, 11) is 0. The van der Waals surface area contributed by atoms with Gasteiger partial charge in [-0.3, -0.25) is 9.59 Å². The van der Waals surface area contributed by atoms with Crippen LogP contribution in [0.4, 0.5) is 5.69 Å². The molecule has 6 nitrogen and oxygen atoms in total. The average molecular weight is 330 g/mol. The Morgan fingerprint density at radius 3 is 2.62 bits per heavy atom. The summed E-state index contributed by atoms with van der Waals surface area (Å²) in [6, 6.07) is 4.53. The van der Waals surface area contributed by atoms with E-state index < -0.39 is 12.0 Å². The van der Waals surface area contributed by atoms with Gasteiger partial charge in [0.05, 0.1) is 0 Å². The fourth-order valence-corrected chi connectivity index (χ4v) is 3.65. The number of piperidine rings is 1. The second-order valence-electron chi connectivity index (χ2n) is 6.75. The summed E-state index contributed by atoms with van der Waals surface area (Å²) in [5, 5.41) is 9.43. The smallest absolute Gasteiger partial charge is 0.326 e. The molecule has 0 spiro atoms. The largest absolute Gasteiger partial charge is 0.480 e. The molecule has 1 saturated heterocycles. The molecule has 0 aliphatic carbocycles. The first-order valence-electron chi connectivity index (χ1n) is 8.33. The maximum atomic E-state index is 12.8. The van der Waals surface area contributed by atoms with Crippen molar-refractivity contribution in [3.63, 3.8) is 0 Å². The summed E-state index contributed by atoms with van der Waals surface area (Å²) in [6.07, 6.45) is 2.03. The summed E-state index contributed by atoms with van der Waals surface area (Å²) >= 11 is 0. The van der Waals surface area contributed by atoms with Crippen molar-refractivity contribution >= 4 is 23.5 Å². The zero-order valence-electron chi connectivity index (χ0n) is 14.0. The molecule has 6 heteroatoms. The van der Waals surface area contributed by atoms with E-state index in [2.05, 4.69) is 0 Å². The number of anilines is 1. The van der Waals surface area contributed by atoms with Crippen molar-refractivity contribution in [2.45, 2.75) is 39.2 Å². The lowest BCUT2D eigenvalue weighted by atomic mass is 9.91. The van der Waals surface area contributed by atoms with E-state index in [1.807, 2.05) is 6.92 Å². The van der Waals surface area contributed by atoms with Crippen LogP contribution in [0.2, 0.25) is 0 Å². The number of carboxylic acid groups (broad SMARTS) is 1. The van der Waals surface area contributed by atoms with Crippen molar-refractivity contribution in [3.05, 3.63) is 29.3 Å². The van der Waals surface area contributed by atoms with Gasteiger partial charge in [-0.25, -0.2) is 4.79 Å². The predicted octanol–water partition coefficient (Wildman–Crippen LogP) is 1.92. The highest BCUT2D eigenvalue weighted by molar-refractivity contribution is 5.99. The van der Waals surface area contributed by atoms with Gasteiger partial charge in [-0.1, -0.05) is 6.92 Å². The Balaban J connectivity index is 1.85. The van der Waals surface area contributed by atoms with E-state index in [0.717, 1.165) is 24.1 Å². The standard InChI is InChI=1S/C18H22N2O4/c1-11-5-7-20(16(9-11)18(23)24)17(22)14-3-4-15-13(10-14)6-8-19(15)12(2)21/h3-4,10-11,16H,5-9H2,1-2H3,(H,23,24). The number of carbonyl (C=O) groups is 3. The third-order valence-electron chi connectivity index (χ3n) is 5.01. The molecule has 0 bridgehead atoms. The molecule has 0 saturated carbocycles. The molecule has 0 aromatic heterocycles. The lowest BCUT2D eigenvalue weighted by Gasteiger charge is -2.36. The van der Waals surface area contributed by atoms with Gasteiger partial charge in [0.1, 0.15) is 6.04 Å². The molecule has 3 rings (SSSR count). The SMILES string of the molecule is CC(=O)N1CCc2cc(C(=O)N3CCC(C)CC3C(=O)O)ccc21. The molecule has 1 fully saturated rings. The lowest BCUT2D eigenvalue weighted by molar-refractivity contribution is -0.144. The van der Waals surface area contributed by atoms with Gasteiger partial charge in [0.25, 0.3) is 5.91 Å². The number of rotatable bonds is 2. The molecule has 1 aromatic carbocycles. The molecular weight excluding hydrogens is 308 g/mol. The molecule has 2 aliphatic heterocycles. The van der Waals surface area contributed by atoms with Crippen LogP contribution in [0.5, 0.6) is 0 Å². The minimum Gasteiger partial charge on any atom is -0.480 e. The van der Waals surface area contributed by atoms with Crippen molar-refractivity contribution < 1.29 is 19.5 Å². The van der Waals surface area contributed by atoms with Crippen LogP contribution in [0.25, 0.3) is 0 Å². The van der Waals surface area contributed by atoms with E-state index in [9.17, 15) is 19.5 Å². The highest BCUT2D eigenvalue weighted by Crippen LogP contribution is 2.30. The summed E-state index contributed by atoms with van der Waals surface area (Å²) < 4.78 is 0. The third kappa shape index (κ3) is 2.88. The molecule has 2 unspecified atom stereocenters. The van der Waals surface area contributed by atoms with Crippen LogP contribution in [0.15, 0.2) is 18.2 Å². The van der Waals surface area contributed by atoms with E-state index in [-0.39, 0.29) is 11.8 Å². The summed E-state index contributed by atoms with van der Waals surface area (Å²) in [4.78, 5) is 39.1. The number of amides is 2. The second-order valence-corrected chi connectivity index (χ2v) is 6.75. The van der Waals surface area contributed by atoms with E-state index >= 15 is 0 Å². The molecule has 2 heterocycles. The van der Waals surface area contributed by atoms with Crippen molar-refractivity contribution in [1.29, 1.82) is 0 Å². The Morgan fingerprint density at radius 2 is 1.96 bits per heavy atom. The molecule has 1 aromatic rings. The van der Waals surface area contributed by atoms with Gasteiger partial charge < -0.3 is 14.9 Å². The van der Waals surface area contributed by atoms with Crippen LogP contribution in [0.1, 0.15) is 42.6 Å². The maximum absolute atomic E-state index is 12.8. The Morgan fingerprint density at radius 1 is 1.21 bits per heavy atom. The topological polar surface area (TPSA) is 77.9 Å². The zero-order valence-corrected chi connectivity index (χ0v) is 14.0. The number of carbonyl (C=O) groups excluding carboxylic acids is 2. The fraction of sp³-hybridized carbons (Fsp3) is 0.500. The van der Waals surface area contributed by atoms with Crippen LogP contribution in [-0.2, 0) is 16.0 Å². The van der Waals surface area contributed by atoms with Crippen LogP contribution < -0.4 is 4.90 Å². The van der Waals surface area contributed by atoms with Crippen molar-refractivity contribution in [2.75, 3.05) is 18.0 Å². The number of benzene rings is 1. The van der Waals surface area contributed by atoms with Gasteiger partial charge in [0.15, 0.2) is 0 Å². The normalized spacial score (nSPS) is 23.1. The van der Waals surface area contributed by atoms with Crippen LogP contribution in [-0.4, -0.2) is 46.9 Å². The summed E-state index contributed by atoms with van der Waals surface area (Å²) in [5.74, 6) is -0.889. The average Bonchev–Trinajstić information content (AvgIpc) is 2.97. The van der Waals surface area contributed by atoms with Gasteiger partial charge >= 0.3 is 5.97 Å². The van der Waals surface area contributed by atoms with Crippen molar-refractivity contribution in [1.82, 2.24) is 4.90 Å². The first-order valence-corrected chi connectivity index (χ1v) is 8.33. The molecule has 24 heavy (non-hydrogen) atoms. The number of aliphatic carboxylic acids is 1. The molecule has 1 N–H and O–H groups in total. The van der Waals surface area contributed by atoms with Crippen LogP contribution >= 0.6 is 0 Å². The molecule has 0 radical (unpaired) electrons. The third-order valence-corrected chi connectivity index (χ3v) is 5.01. The fourth-order valence-electron chi connectivity index (χ4n) is 3.65. The number of carboxylic acids is 1. The minimum absolute atomic E-state index is 0.0104.